The fraction of sp³-hybridized carbons (Fsp3) is 0.300. The molecule has 0 spiro atoms. The molecular formula is C30H31NO6. The van der Waals surface area contributed by atoms with E-state index in [0.29, 0.717) is 46.3 Å². The molecule has 0 unspecified atom stereocenters. The van der Waals surface area contributed by atoms with Crippen molar-refractivity contribution in [2.24, 2.45) is 5.18 Å². The van der Waals surface area contributed by atoms with E-state index in [0.717, 1.165) is 5.56 Å². The lowest BCUT2D eigenvalue weighted by Crippen LogP contribution is -2.27. The monoisotopic (exact) mass is 501 g/mol. The average Bonchev–Trinajstić information content (AvgIpc) is 2.86. The van der Waals surface area contributed by atoms with Crippen molar-refractivity contribution in [1.29, 1.82) is 0 Å². The first-order chi connectivity index (χ1) is 17.8. The van der Waals surface area contributed by atoms with Crippen LogP contribution < -0.4 is 18.9 Å². The van der Waals surface area contributed by atoms with Crippen LogP contribution in [-0.2, 0) is 13.2 Å². The number of benzene rings is 3. The van der Waals surface area contributed by atoms with Gasteiger partial charge in [0, 0.05) is 11.6 Å². The molecule has 192 valence electrons. The Labute approximate surface area is 217 Å². The van der Waals surface area contributed by atoms with Crippen LogP contribution in [0.25, 0.3) is 6.08 Å². The molecule has 3 aromatic carbocycles. The molecule has 0 aromatic heterocycles. The van der Waals surface area contributed by atoms with Gasteiger partial charge < -0.3 is 18.9 Å². The molecule has 7 nitrogen and oxygen atoms in total. The lowest BCUT2D eigenvalue weighted by atomic mass is 9.99. The molecule has 0 radical (unpaired) electrons. The third-order valence-electron chi connectivity index (χ3n) is 5.71. The number of nitrogens with zero attached hydrogens (tertiary/aromatic N) is 1. The first-order valence-electron chi connectivity index (χ1n) is 12.2. The molecule has 0 saturated carbocycles. The van der Waals surface area contributed by atoms with Gasteiger partial charge in [0.15, 0.2) is 6.61 Å². The number of fused-ring (bicyclic) bond motifs is 1. The van der Waals surface area contributed by atoms with Gasteiger partial charge in [-0.3, -0.25) is 4.79 Å². The molecule has 37 heavy (non-hydrogen) atoms. The Hall–Kier alpha value is -4.13. The van der Waals surface area contributed by atoms with Crippen molar-refractivity contribution in [3.05, 3.63) is 93.9 Å². The van der Waals surface area contributed by atoms with E-state index in [1.54, 1.807) is 30.3 Å². The summed E-state index contributed by atoms with van der Waals surface area (Å²) in [5.41, 5.74) is 2.13. The summed E-state index contributed by atoms with van der Waals surface area (Å²) in [6.45, 7) is 7.72. The van der Waals surface area contributed by atoms with E-state index >= 15 is 0 Å². The Balaban J connectivity index is 1.59. The zero-order valence-corrected chi connectivity index (χ0v) is 21.5. The minimum atomic E-state index is -0.477. The zero-order chi connectivity index (χ0) is 26.4. The zero-order valence-electron chi connectivity index (χ0n) is 21.5. The fourth-order valence-electron chi connectivity index (χ4n) is 3.99. The number of carbonyl (C=O) groups is 1. The second-order valence-electron chi connectivity index (χ2n) is 9.60. The highest BCUT2D eigenvalue weighted by Gasteiger charge is 2.26. The standard InChI is InChI=1S/C30H31NO6/c1-20(2)36-23-11-12-24(28(16-23)34-18-21-8-6-5-7-9-21)26(32)19-35-29-22(17-31-33)10-13-27-25(29)14-15-30(3,4)37-27/h5-16,20H,17-19H2,1-4H3. The lowest BCUT2D eigenvalue weighted by Gasteiger charge is -2.29. The quantitative estimate of drug-likeness (QED) is 0.213. The number of rotatable bonds is 11. The Morgan fingerprint density at radius 1 is 1.03 bits per heavy atom. The molecule has 1 aliphatic heterocycles. The van der Waals surface area contributed by atoms with Gasteiger partial charge in [-0.15, -0.1) is 0 Å². The van der Waals surface area contributed by atoms with Crippen LogP contribution >= 0.6 is 0 Å². The lowest BCUT2D eigenvalue weighted by molar-refractivity contribution is 0.0914. The highest BCUT2D eigenvalue weighted by atomic mass is 16.5. The summed E-state index contributed by atoms with van der Waals surface area (Å²) in [4.78, 5) is 24.4. The number of Topliss-reactive ketones (excluding diaryl/α,β-unsaturated/α-hetero) is 1. The highest BCUT2D eigenvalue weighted by Crippen LogP contribution is 2.39. The van der Waals surface area contributed by atoms with Crippen molar-refractivity contribution in [3.63, 3.8) is 0 Å². The van der Waals surface area contributed by atoms with Crippen LogP contribution in [0.5, 0.6) is 23.0 Å². The maximum absolute atomic E-state index is 13.3. The number of nitroso groups, excluding NO2 is 1. The van der Waals surface area contributed by atoms with E-state index in [1.807, 2.05) is 70.2 Å². The van der Waals surface area contributed by atoms with Crippen molar-refractivity contribution in [2.45, 2.75) is 52.6 Å². The second-order valence-corrected chi connectivity index (χ2v) is 9.60. The summed E-state index contributed by atoms with van der Waals surface area (Å²) < 4.78 is 23.9. The van der Waals surface area contributed by atoms with E-state index in [4.69, 9.17) is 18.9 Å². The number of ketones is 1. The van der Waals surface area contributed by atoms with E-state index in [9.17, 15) is 9.70 Å². The van der Waals surface area contributed by atoms with E-state index in [-0.39, 0.29) is 25.0 Å². The van der Waals surface area contributed by atoms with Gasteiger partial charge in [-0.05, 0) is 69.7 Å². The van der Waals surface area contributed by atoms with Crippen molar-refractivity contribution >= 4 is 11.9 Å². The predicted molar refractivity (Wildman–Crippen MR) is 142 cm³/mol. The van der Waals surface area contributed by atoms with Gasteiger partial charge in [-0.1, -0.05) is 35.5 Å². The van der Waals surface area contributed by atoms with Crippen molar-refractivity contribution in [2.75, 3.05) is 6.61 Å². The van der Waals surface area contributed by atoms with Crippen LogP contribution in [0.3, 0.4) is 0 Å². The smallest absolute Gasteiger partial charge is 0.203 e. The SMILES string of the molecule is CC(C)Oc1ccc(C(=O)COc2c(CN=O)ccc3c2C=CC(C)(C)O3)c(OCc2ccccc2)c1. The van der Waals surface area contributed by atoms with Crippen LogP contribution in [0, 0.1) is 4.91 Å². The molecular weight excluding hydrogens is 470 g/mol. The number of hydrogen-bond acceptors (Lipinski definition) is 7. The summed E-state index contributed by atoms with van der Waals surface area (Å²) in [5, 5.41) is 3.02. The third-order valence-corrected chi connectivity index (χ3v) is 5.71. The van der Waals surface area contributed by atoms with Gasteiger partial charge in [0.2, 0.25) is 5.78 Å². The number of carbonyl (C=O) groups excluding carboxylic acids is 1. The first kappa shape index (κ1) is 25.9. The number of ether oxygens (including phenoxy) is 4. The maximum Gasteiger partial charge on any atom is 0.203 e. The molecule has 0 amide bonds. The fourth-order valence-corrected chi connectivity index (χ4v) is 3.99. The third kappa shape index (κ3) is 6.55. The minimum Gasteiger partial charge on any atom is -0.491 e. The molecule has 0 bridgehead atoms. The largest absolute Gasteiger partial charge is 0.491 e. The highest BCUT2D eigenvalue weighted by molar-refractivity contribution is 6.00. The molecule has 0 aliphatic carbocycles. The van der Waals surface area contributed by atoms with Gasteiger partial charge in [0.05, 0.1) is 17.2 Å². The summed E-state index contributed by atoms with van der Waals surface area (Å²) in [6.07, 6.45) is 3.77. The van der Waals surface area contributed by atoms with Gasteiger partial charge in [0.1, 0.15) is 41.8 Å². The molecule has 0 saturated heterocycles. The van der Waals surface area contributed by atoms with Crippen molar-refractivity contribution in [3.8, 4) is 23.0 Å². The van der Waals surface area contributed by atoms with Crippen LogP contribution in [0.1, 0.15) is 54.7 Å². The molecule has 0 fully saturated rings. The topological polar surface area (TPSA) is 83.4 Å². The maximum atomic E-state index is 13.3. The first-order valence-corrected chi connectivity index (χ1v) is 12.2. The predicted octanol–water partition coefficient (Wildman–Crippen LogP) is 6.77. The van der Waals surface area contributed by atoms with E-state index < -0.39 is 5.60 Å². The summed E-state index contributed by atoms with van der Waals surface area (Å²) >= 11 is 0. The van der Waals surface area contributed by atoms with E-state index in [2.05, 4.69) is 5.18 Å². The van der Waals surface area contributed by atoms with E-state index in [1.165, 1.54) is 0 Å². The summed E-state index contributed by atoms with van der Waals surface area (Å²) in [7, 11) is 0. The number of hydrogen-bond donors (Lipinski definition) is 0. The average molecular weight is 502 g/mol. The molecule has 3 aromatic rings. The Kier molecular flexibility index (Phi) is 7.92. The molecule has 7 heteroatoms. The molecule has 0 N–H and O–H groups in total. The van der Waals surface area contributed by atoms with Crippen molar-refractivity contribution < 1.29 is 23.7 Å². The molecule has 1 heterocycles. The minimum absolute atomic E-state index is 0.0267. The summed E-state index contributed by atoms with van der Waals surface area (Å²) in [6, 6.07) is 18.4. The Bertz CT molecular complexity index is 1300. The van der Waals surface area contributed by atoms with Crippen molar-refractivity contribution in [1.82, 2.24) is 0 Å². The summed E-state index contributed by atoms with van der Waals surface area (Å²) in [5.74, 6) is 1.76. The van der Waals surface area contributed by atoms with Gasteiger partial charge in [-0.25, -0.2) is 0 Å². The van der Waals surface area contributed by atoms with Crippen LogP contribution in [-0.4, -0.2) is 24.1 Å². The molecule has 1 aliphatic rings. The molecule has 0 atom stereocenters. The Morgan fingerprint density at radius 3 is 2.54 bits per heavy atom. The van der Waals surface area contributed by atoms with Gasteiger partial charge in [-0.2, -0.15) is 4.91 Å². The normalized spacial score (nSPS) is 13.4. The van der Waals surface area contributed by atoms with Gasteiger partial charge >= 0.3 is 0 Å². The van der Waals surface area contributed by atoms with Crippen LogP contribution in [0.2, 0.25) is 0 Å². The van der Waals surface area contributed by atoms with Crippen LogP contribution in [0.4, 0.5) is 0 Å². The Morgan fingerprint density at radius 2 is 1.81 bits per heavy atom. The van der Waals surface area contributed by atoms with Crippen LogP contribution in [0.15, 0.2) is 71.9 Å². The second kappa shape index (κ2) is 11.3. The molecule has 4 rings (SSSR count). The van der Waals surface area contributed by atoms with Gasteiger partial charge in [0.25, 0.3) is 0 Å².